The van der Waals surface area contributed by atoms with Gasteiger partial charge in [0.25, 0.3) is 0 Å². The Bertz CT molecular complexity index is 1910. The van der Waals surface area contributed by atoms with Gasteiger partial charge in [0.15, 0.2) is 0 Å². The van der Waals surface area contributed by atoms with Gasteiger partial charge in [-0.1, -0.05) is 137 Å². The molecule has 0 N–H and O–H groups in total. The summed E-state index contributed by atoms with van der Waals surface area (Å²) in [7, 11) is 0. The molecular weight excluding hydrogens is 504 g/mol. The predicted octanol–water partition coefficient (Wildman–Crippen LogP) is 11.8. The van der Waals surface area contributed by atoms with Gasteiger partial charge >= 0.3 is 0 Å². The van der Waals surface area contributed by atoms with Crippen LogP contribution in [-0.2, 0) is 0 Å². The first kappa shape index (κ1) is 27.7. The summed E-state index contributed by atoms with van der Waals surface area (Å²) in [6, 6.07) is 18.0. The van der Waals surface area contributed by atoms with Crippen molar-refractivity contribution in [3.05, 3.63) is 167 Å². The van der Waals surface area contributed by atoms with Gasteiger partial charge in [-0.05, 0) is 115 Å². The van der Waals surface area contributed by atoms with E-state index in [1.807, 2.05) is 0 Å². The molecule has 42 heavy (non-hydrogen) atoms. The smallest absolute Gasteiger partial charge is 0.00200 e. The van der Waals surface area contributed by atoms with Crippen molar-refractivity contribution in [1.82, 2.24) is 0 Å². The van der Waals surface area contributed by atoms with E-state index >= 15 is 0 Å². The summed E-state index contributed by atoms with van der Waals surface area (Å²) in [6.45, 7) is 20.5. The van der Waals surface area contributed by atoms with Crippen molar-refractivity contribution in [2.75, 3.05) is 0 Å². The van der Waals surface area contributed by atoms with E-state index in [2.05, 4.69) is 144 Å². The zero-order chi connectivity index (χ0) is 29.5. The van der Waals surface area contributed by atoms with Crippen LogP contribution >= 0.6 is 0 Å². The third-order valence-corrected chi connectivity index (χ3v) is 8.89. The largest absolute Gasteiger partial charge is 0.0918 e. The fourth-order valence-electron chi connectivity index (χ4n) is 7.07. The van der Waals surface area contributed by atoms with Gasteiger partial charge in [0.1, 0.15) is 0 Å². The molecule has 3 aliphatic rings. The van der Waals surface area contributed by atoms with Crippen molar-refractivity contribution in [1.29, 1.82) is 0 Å². The number of hydrogen-bond acceptors (Lipinski definition) is 0. The summed E-state index contributed by atoms with van der Waals surface area (Å²) < 4.78 is 0. The topological polar surface area (TPSA) is 0 Å². The Hall–Kier alpha value is -4.42. The minimum absolute atomic E-state index is 0.321. The molecule has 0 saturated heterocycles. The second-order valence-corrected chi connectivity index (χ2v) is 12.3. The van der Waals surface area contributed by atoms with Crippen LogP contribution in [0.4, 0.5) is 0 Å². The van der Waals surface area contributed by atoms with E-state index < -0.39 is 0 Å². The Labute approximate surface area is 251 Å². The highest BCUT2D eigenvalue weighted by atomic mass is 14.3. The summed E-state index contributed by atoms with van der Waals surface area (Å²) in [6.07, 6.45) is 20.7. The van der Waals surface area contributed by atoms with Crippen molar-refractivity contribution >= 4 is 32.7 Å². The minimum Gasteiger partial charge on any atom is -0.0918 e. The van der Waals surface area contributed by atoms with E-state index in [1.54, 1.807) is 0 Å². The van der Waals surface area contributed by atoms with E-state index in [0.717, 1.165) is 17.6 Å². The molecule has 0 heterocycles. The lowest BCUT2D eigenvalue weighted by Gasteiger charge is -2.26. The molecule has 0 aromatic heterocycles. The molecular formula is C42H40. The van der Waals surface area contributed by atoms with E-state index in [0.29, 0.717) is 11.8 Å². The maximum atomic E-state index is 4.74. The lowest BCUT2D eigenvalue weighted by atomic mass is 9.79. The first-order valence-electron chi connectivity index (χ1n) is 15.2. The van der Waals surface area contributed by atoms with Gasteiger partial charge in [-0.2, -0.15) is 0 Å². The SMILES string of the molecule is C=C1\C=C/C=C/C(C2=C(\C(C)C)C/C=C3\C(=C/C(=C)/C(C(C)C)=C\2C)c2cc4ccccc4c4cccc3c24)=C\C=C/1. The van der Waals surface area contributed by atoms with E-state index in [9.17, 15) is 0 Å². The Morgan fingerprint density at radius 1 is 0.738 bits per heavy atom. The number of allylic oxidation sites excluding steroid dienone is 18. The van der Waals surface area contributed by atoms with Gasteiger partial charge in [0.05, 0.1) is 0 Å². The third-order valence-electron chi connectivity index (χ3n) is 8.89. The Morgan fingerprint density at radius 3 is 2.26 bits per heavy atom. The van der Waals surface area contributed by atoms with Gasteiger partial charge in [0, 0.05) is 0 Å². The highest BCUT2D eigenvalue weighted by Gasteiger charge is 2.28. The zero-order valence-electron chi connectivity index (χ0n) is 25.6. The first-order chi connectivity index (χ1) is 20.3. The highest BCUT2D eigenvalue weighted by molar-refractivity contribution is 6.27. The Morgan fingerprint density at radius 2 is 1.48 bits per heavy atom. The highest BCUT2D eigenvalue weighted by Crippen LogP contribution is 2.50. The number of benzene rings is 3. The molecule has 0 spiro atoms. The van der Waals surface area contributed by atoms with Gasteiger partial charge in [-0.3, -0.25) is 0 Å². The molecule has 0 heteroatoms. The van der Waals surface area contributed by atoms with Crippen LogP contribution in [-0.4, -0.2) is 0 Å². The summed E-state index contributed by atoms with van der Waals surface area (Å²) in [4.78, 5) is 0. The van der Waals surface area contributed by atoms with Crippen LogP contribution in [0.1, 0.15) is 52.2 Å². The average molecular weight is 545 g/mol. The molecule has 0 aliphatic heterocycles. The van der Waals surface area contributed by atoms with Crippen LogP contribution in [0.5, 0.6) is 0 Å². The average Bonchev–Trinajstić information content (AvgIpc) is 3.29. The molecule has 0 nitrogen and oxygen atoms in total. The van der Waals surface area contributed by atoms with Crippen LogP contribution < -0.4 is 0 Å². The van der Waals surface area contributed by atoms with Gasteiger partial charge in [-0.15, -0.1) is 0 Å². The maximum Gasteiger partial charge on any atom is -0.00200 e. The molecule has 0 atom stereocenters. The quantitative estimate of drug-likeness (QED) is 0.288. The second kappa shape index (κ2) is 11.1. The molecule has 0 unspecified atom stereocenters. The normalized spacial score (nSPS) is 27.0. The number of fused-ring (bicyclic) bond motifs is 5. The van der Waals surface area contributed by atoms with Crippen LogP contribution in [0, 0.1) is 11.8 Å². The zero-order valence-corrected chi connectivity index (χ0v) is 25.6. The Kier molecular flexibility index (Phi) is 7.33. The summed E-state index contributed by atoms with van der Waals surface area (Å²) in [5, 5.41) is 5.29. The molecule has 208 valence electrons. The van der Waals surface area contributed by atoms with Crippen LogP contribution in [0.15, 0.2) is 155 Å². The van der Waals surface area contributed by atoms with Crippen LogP contribution in [0.3, 0.4) is 0 Å². The molecule has 3 aromatic rings. The van der Waals surface area contributed by atoms with Crippen molar-refractivity contribution < 1.29 is 0 Å². The Balaban J connectivity index is 1.67. The first-order valence-corrected chi connectivity index (χ1v) is 15.2. The number of rotatable bonds is 3. The molecule has 3 aliphatic carbocycles. The monoisotopic (exact) mass is 544 g/mol. The summed E-state index contributed by atoms with van der Waals surface area (Å²) in [5.74, 6) is 0.694. The molecule has 0 fully saturated rings. The minimum atomic E-state index is 0.321. The maximum absolute atomic E-state index is 4.74. The molecule has 6 rings (SSSR count). The van der Waals surface area contributed by atoms with Gasteiger partial charge in [-0.25, -0.2) is 0 Å². The fourth-order valence-corrected chi connectivity index (χ4v) is 7.07. The van der Waals surface area contributed by atoms with Crippen LogP contribution in [0.2, 0.25) is 0 Å². The van der Waals surface area contributed by atoms with Crippen molar-refractivity contribution in [3.8, 4) is 0 Å². The third kappa shape index (κ3) is 4.76. The lowest BCUT2D eigenvalue weighted by Crippen LogP contribution is -2.09. The molecule has 3 aromatic carbocycles. The molecule has 0 radical (unpaired) electrons. The van der Waals surface area contributed by atoms with E-state index in [1.165, 1.54) is 71.7 Å². The summed E-state index contributed by atoms with van der Waals surface area (Å²) >= 11 is 0. The van der Waals surface area contributed by atoms with E-state index in [-0.39, 0.29) is 0 Å². The van der Waals surface area contributed by atoms with Gasteiger partial charge < -0.3 is 0 Å². The molecule has 0 bridgehead atoms. The predicted molar refractivity (Wildman–Crippen MR) is 185 cm³/mol. The van der Waals surface area contributed by atoms with E-state index in [4.69, 9.17) is 6.58 Å². The summed E-state index contributed by atoms with van der Waals surface area (Å²) in [5.41, 5.74) is 14.0. The second-order valence-electron chi connectivity index (χ2n) is 12.3. The van der Waals surface area contributed by atoms with Crippen molar-refractivity contribution in [3.63, 3.8) is 0 Å². The number of hydrogen-bond donors (Lipinski definition) is 0. The molecule has 0 saturated carbocycles. The van der Waals surface area contributed by atoms with Crippen molar-refractivity contribution in [2.45, 2.75) is 41.0 Å². The lowest BCUT2D eigenvalue weighted by molar-refractivity contribution is 0.732. The van der Waals surface area contributed by atoms with Gasteiger partial charge in [0.2, 0.25) is 0 Å². The van der Waals surface area contributed by atoms with Crippen molar-refractivity contribution in [2.24, 2.45) is 11.8 Å². The van der Waals surface area contributed by atoms with Crippen LogP contribution in [0.25, 0.3) is 32.7 Å². The fraction of sp³-hybridized carbons (Fsp3) is 0.190. The molecule has 0 amide bonds. The standard InChI is InChI=1S/C42H40/c1-26(2)33-22-23-35-37-21-13-20-36-34-19-11-10-17-32(34)25-39(42(36)37)38(35)24-29(6)40(27(3)4)30(7)41(33)31-16-9-8-14-28(5)15-12-18-31/h8-21,23-27H,5-6,22H2,1-4,7H3/b14-8-,15-12-,16-9+,31-18+,35-23-,38-24+,40-30-,41-33-.